The number of hydrogen-bond acceptors (Lipinski definition) is 2. The summed E-state index contributed by atoms with van der Waals surface area (Å²) >= 11 is 0. The highest BCUT2D eigenvalue weighted by atomic mass is 16.5. The Balaban J connectivity index is 1.83. The van der Waals surface area contributed by atoms with Crippen LogP contribution in [0.5, 0.6) is 5.75 Å². The molecular formula is C23H29NO. The molecular weight excluding hydrogens is 306 g/mol. The van der Waals surface area contributed by atoms with Gasteiger partial charge in [-0.15, -0.1) is 0 Å². The first kappa shape index (κ1) is 19.1. The molecule has 0 spiro atoms. The second-order valence-corrected chi connectivity index (χ2v) is 6.51. The van der Waals surface area contributed by atoms with E-state index in [4.69, 9.17) is 10.00 Å². The summed E-state index contributed by atoms with van der Waals surface area (Å²) in [6.45, 7) is 2.96. The lowest BCUT2D eigenvalue weighted by atomic mass is 10.0. The Hall–Kier alpha value is -2.27. The summed E-state index contributed by atoms with van der Waals surface area (Å²) in [4.78, 5) is 0. The third kappa shape index (κ3) is 6.63. The van der Waals surface area contributed by atoms with Crippen molar-refractivity contribution in [3.63, 3.8) is 0 Å². The van der Waals surface area contributed by atoms with Crippen LogP contribution in [0.4, 0.5) is 0 Å². The van der Waals surface area contributed by atoms with Crippen LogP contribution in [-0.2, 0) is 0 Å². The van der Waals surface area contributed by atoms with E-state index in [0.717, 1.165) is 23.3 Å². The van der Waals surface area contributed by atoms with E-state index in [1.54, 1.807) is 0 Å². The van der Waals surface area contributed by atoms with Gasteiger partial charge in [-0.1, -0.05) is 82.2 Å². The molecule has 0 heterocycles. The Kier molecular flexibility index (Phi) is 8.63. The molecule has 0 saturated heterocycles. The van der Waals surface area contributed by atoms with Crippen LogP contribution in [0.2, 0.25) is 0 Å². The van der Waals surface area contributed by atoms with Crippen molar-refractivity contribution < 1.29 is 4.74 Å². The number of rotatable bonds is 11. The minimum Gasteiger partial charge on any atom is -0.493 e. The first-order valence-electron chi connectivity index (χ1n) is 9.57. The predicted octanol–water partition coefficient (Wildman–Crippen LogP) is 6.74. The van der Waals surface area contributed by atoms with E-state index in [9.17, 15) is 0 Å². The first-order valence-corrected chi connectivity index (χ1v) is 9.57. The van der Waals surface area contributed by atoms with Gasteiger partial charge in [0.15, 0.2) is 0 Å². The Labute approximate surface area is 152 Å². The fourth-order valence-electron chi connectivity index (χ4n) is 2.99. The molecule has 2 heteroatoms. The molecule has 2 rings (SSSR count). The van der Waals surface area contributed by atoms with Crippen LogP contribution >= 0.6 is 0 Å². The van der Waals surface area contributed by atoms with Crippen LogP contribution in [0.3, 0.4) is 0 Å². The third-order valence-electron chi connectivity index (χ3n) is 4.45. The molecule has 132 valence electrons. The van der Waals surface area contributed by atoms with E-state index in [1.807, 2.05) is 36.4 Å². The highest BCUT2D eigenvalue weighted by Crippen LogP contribution is 2.31. The van der Waals surface area contributed by atoms with Crippen molar-refractivity contribution in [2.24, 2.45) is 0 Å². The fraction of sp³-hybridized carbons (Fsp3) is 0.435. The molecule has 0 aliphatic rings. The van der Waals surface area contributed by atoms with Crippen LogP contribution in [0.25, 0.3) is 11.1 Å². The molecule has 0 aromatic heterocycles. The summed E-state index contributed by atoms with van der Waals surface area (Å²) in [5.41, 5.74) is 2.82. The molecule has 0 aliphatic carbocycles. The van der Waals surface area contributed by atoms with Crippen molar-refractivity contribution in [2.75, 3.05) is 6.61 Å². The number of benzene rings is 2. The standard InChI is InChI=1S/C23H29NO/c1-2-3-4-5-6-7-8-12-17-25-23-18-20(19-24)15-16-22(23)21-13-10-9-11-14-21/h9-11,13-16,18H,2-8,12,17H2,1H3. The molecule has 25 heavy (non-hydrogen) atoms. The normalized spacial score (nSPS) is 10.4. The van der Waals surface area contributed by atoms with Crippen LogP contribution in [0.1, 0.15) is 63.9 Å². The average molecular weight is 335 g/mol. The first-order chi connectivity index (χ1) is 12.3. The fourth-order valence-corrected chi connectivity index (χ4v) is 2.99. The van der Waals surface area contributed by atoms with E-state index in [-0.39, 0.29) is 0 Å². The van der Waals surface area contributed by atoms with E-state index < -0.39 is 0 Å². The molecule has 0 amide bonds. The molecule has 2 nitrogen and oxygen atoms in total. The summed E-state index contributed by atoms with van der Waals surface area (Å²) in [6, 6.07) is 18.1. The lowest BCUT2D eigenvalue weighted by molar-refractivity contribution is 0.305. The monoisotopic (exact) mass is 335 g/mol. The van der Waals surface area contributed by atoms with Crippen molar-refractivity contribution in [1.82, 2.24) is 0 Å². The molecule has 0 bridgehead atoms. The quantitative estimate of drug-likeness (QED) is 0.426. The van der Waals surface area contributed by atoms with Gasteiger partial charge in [-0.2, -0.15) is 5.26 Å². The summed E-state index contributed by atoms with van der Waals surface area (Å²) in [7, 11) is 0. The Morgan fingerprint density at radius 3 is 2.20 bits per heavy atom. The summed E-state index contributed by atoms with van der Waals surface area (Å²) < 4.78 is 6.03. The SMILES string of the molecule is CCCCCCCCCCOc1cc(C#N)ccc1-c1ccccc1. The van der Waals surface area contributed by atoms with Gasteiger partial charge >= 0.3 is 0 Å². The molecule has 0 N–H and O–H groups in total. The summed E-state index contributed by atoms with van der Waals surface area (Å²) in [6.07, 6.45) is 10.3. The van der Waals surface area contributed by atoms with Gasteiger partial charge in [0.05, 0.1) is 18.2 Å². The summed E-state index contributed by atoms with van der Waals surface area (Å²) in [5.74, 6) is 0.813. The van der Waals surface area contributed by atoms with Gasteiger partial charge in [-0.25, -0.2) is 0 Å². The average Bonchev–Trinajstić information content (AvgIpc) is 2.67. The van der Waals surface area contributed by atoms with Crippen molar-refractivity contribution >= 4 is 0 Å². The molecule has 0 radical (unpaired) electrons. The highest BCUT2D eigenvalue weighted by molar-refractivity contribution is 5.71. The smallest absolute Gasteiger partial charge is 0.128 e. The Bertz CT molecular complexity index is 658. The maximum Gasteiger partial charge on any atom is 0.128 e. The number of unbranched alkanes of at least 4 members (excludes halogenated alkanes) is 7. The molecule has 0 atom stereocenters. The van der Waals surface area contributed by atoms with Crippen LogP contribution < -0.4 is 4.74 Å². The van der Waals surface area contributed by atoms with Crippen molar-refractivity contribution in [3.05, 3.63) is 54.1 Å². The van der Waals surface area contributed by atoms with Crippen molar-refractivity contribution in [2.45, 2.75) is 58.3 Å². The van der Waals surface area contributed by atoms with Crippen LogP contribution in [0.15, 0.2) is 48.5 Å². The Morgan fingerprint density at radius 1 is 0.840 bits per heavy atom. The van der Waals surface area contributed by atoms with E-state index in [2.05, 4.69) is 25.1 Å². The van der Waals surface area contributed by atoms with Gasteiger partial charge in [-0.3, -0.25) is 0 Å². The zero-order chi connectivity index (χ0) is 17.7. The minimum atomic E-state index is 0.644. The predicted molar refractivity (Wildman–Crippen MR) is 105 cm³/mol. The van der Waals surface area contributed by atoms with Gasteiger partial charge in [0.25, 0.3) is 0 Å². The van der Waals surface area contributed by atoms with Gasteiger partial charge < -0.3 is 4.74 Å². The maximum absolute atomic E-state index is 9.15. The van der Waals surface area contributed by atoms with Gasteiger partial charge in [0, 0.05) is 5.56 Å². The number of hydrogen-bond donors (Lipinski definition) is 0. The van der Waals surface area contributed by atoms with E-state index in [1.165, 1.54) is 44.9 Å². The van der Waals surface area contributed by atoms with Gasteiger partial charge in [0.1, 0.15) is 5.75 Å². The summed E-state index contributed by atoms with van der Waals surface area (Å²) in [5, 5.41) is 9.15. The van der Waals surface area contributed by atoms with Crippen LogP contribution in [-0.4, -0.2) is 6.61 Å². The number of nitriles is 1. The zero-order valence-corrected chi connectivity index (χ0v) is 15.3. The van der Waals surface area contributed by atoms with Gasteiger partial charge in [0.2, 0.25) is 0 Å². The maximum atomic E-state index is 9.15. The topological polar surface area (TPSA) is 33.0 Å². The molecule has 0 aliphatic heterocycles. The molecule has 2 aromatic rings. The second kappa shape index (κ2) is 11.3. The molecule has 0 saturated carbocycles. The lowest BCUT2D eigenvalue weighted by Crippen LogP contribution is -1.99. The zero-order valence-electron chi connectivity index (χ0n) is 15.3. The van der Waals surface area contributed by atoms with E-state index in [0.29, 0.717) is 12.2 Å². The minimum absolute atomic E-state index is 0.644. The van der Waals surface area contributed by atoms with Gasteiger partial charge in [-0.05, 0) is 30.2 Å². The highest BCUT2D eigenvalue weighted by Gasteiger charge is 2.07. The lowest BCUT2D eigenvalue weighted by Gasteiger charge is -2.12. The van der Waals surface area contributed by atoms with Crippen molar-refractivity contribution in [3.8, 4) is 22.9 Å². The largest absolute Gasteiger partial charge is 0.493 e. The second-order valence-electron chi connectivity index (χ2n) is 6.51. The van der Waals surface area contributed by atoms with Crippen molar-refractivity contribution in [1.29, 1.82) is 5.26 Å². The van der Waals surface area contributed by atoms with E-state index >= 15 is 0 Å². The number of nitrogens with zero attached hydrogens (tertiary/aromatic N) is 1. The van der Waals surface area contributed by atoms with Crippen LogP contribution in [0, 0.1) is 11.3 Å². The Morgan fingerprint density at radius 2 is 1.52 bits per heavy atom. The third-order valence-corrected chi connectivity index (χ3v) is 4.45. The molecule has 0 fully saturated rings. The molecule has 2 aromatic carbocycles. The number of ether oxygens (including phenoxy) is 1. The molecule has 0 unspecified atom stereocenters.